The summed E-state index contributed by atoms with van der Waals surface area (Å²) in [6.07, 6.45) is 0.741. The molecule has 3 rings (SSSR count). The van der Waals surface area contributed by atoms with Crippen LogP contribution >= 0.6 is 0 Å². The average Bonchev–Trinajstić information content (AvgIpc) is 2.98. The summed E-state index contributed by atoms with van der Waals surface area (Å²) in [6.45, 7) is 0. The maximum atomic E-state index is 12.4. The first-order valence-electron chi connectivity index (χ1n) is 6.73. The molecule has 0 spiro atoms. The minimum absolute atomic E-state index is 0.106. The smallest absolute Gasteiger partial charge is 0.223 e. The van der Waals surface area contributed by atoms with Gasteiger partial charge in [-0.2, -0.15) is 0 Å². The second-order valence-electron chi connectivity index (χ2n) is 4.92. The van der Waals surface area contributed by atoms with Gasteiger partial charge in [-0.15, -0.1) is 0 Å². The first-order valence-corrected chi connectivity index (χ1v) is 8.21. The number of hydrogen-bond acceptors (Lipinski definition) is 4. The third-order valence-corrected chi connectivity index (χ3v) is 5.13. The van der Waals surface area contributed by atoms with Crippen molar-refractivity contribution in [3.63, 3.8) is 0 Å². The SMILES string of the molecule is O=S(=O)(C1=NOC(Cc2ccccc2)C1)c1ccccc1. The largest absolute Gasteiger partial charge is 0.391 e. The number of oxime groups is 1. The maximum Gasteiger partial charge on any atom is 0.223 e. The molecule has 0 amide bonds. The van der Waals surface area contributed by atoms with Crippen LogP contribution in [0.3, 0.4) is 0 Å². The van der Waals surface area contributed by atoms with Crippen molar-refractivity contribution < 1.29 is 13.3 Å². The molecule has 2 aromatic rings. The minimum atomic E-state index is -3.54. The Balaban J connectivity index is 1.72. The van der Waals surface area contributed by atoms with Crippen molar-refractivity contribution in [2.45, 2.75) is 23.8 Å². The van der Waals surface area contributed by atoms with Crippen LogP contribution in [0.25, 0.3) is 0 Å². The predicted octanol–water partition coefficient (Wildman–Crippen LogP) is 2.81. The van der Waals surface area contributed by atoms with Gasteiger partial charge in [-0.25, -0.2) is 8.42 Å². The second kappa shape index (κ2) is 5.69. The molecule has 0 aliphatic carbocycles. The summed E-state index contributed by atoms with van der Waals surface area (Å²) < 4.78 is 24.8. The highest BCUT2D eigenvalue weighted by molar-refractivity contribution is 8.06. The van der Waals surface area contributed by atoms with Gasteiger partial charge in [0.1, 0.15) is 6.10 Å². The van der Waals surface area contributed by atoms with E-state index in [0.29, 0.717) is 12.8 Å². The van der Waals surface area contributed by atoms with Gasteiger partial charge in [0, 0.05) is 12.8 Å². The summed E-state index contributed by atoms with van der Waals surface area (Å²) in [7, 11) is -3.54. The average molecular weight is 301 g/mol. The Bertz CT molecular complexity index is 740. The van der Waals surface area contributed by atoms with Crippen LogP contribution in [0.1, 0.15) is 12.0 Å². The highest BCUT2D eigenvalue weighted by Crippen LogP contribution is 2.23. The van der Waals surface area contributed by atoms with Crippen molar-refractivity contribution in [1.82, 2.24) is 0 Å². The van der Waals surface area contributed by atoms with Crippen molar-refractivity contribution in [3.8, 4) is 0 Å². The molecule has 1 aliphatic heterocycles. The van der Waals surface area contributed by atoms with E-state index in [1.807, 2.05) is 30.3 Å². The quantitative estimate of drug-likeness (QED) is 0.876. The molecular formula is C16H15NO3S. The van der Waals surface area contributed by atoms with Crippen molar-refractivity contribution in [1.29, 1.82) is 0 Å². The Labute approximate surface area is 124 Å². The number of benzene rings is 2. The molecule has 1 heterocycles. The minimum Gasteiger partial charge on any atom is -0.391 e. The van der Waals surface area contributed by atoms with Crippen LogP contribution in [0.2, 0.25) is 0 Å². The molecule has 108 valence electrons. The lowest BCUT2D eigenvalue weighted by Gasteiger charge is -2.07. The molecule has 1 aliphatic rings. The van der Waals surface area contributed by atoms with E-state index in [9.17, 15) is 8.42 Å². The molecule has 0 saturated heterocycles. The summed E-state index contributed by atoms with van der Waals surface area (Å²) in [5.41, 5.74) is 1.11. The summed E-state index contributed by atoms with van der Waals surface area (Å²) in [5.74, 6) is 0. The van der Waals surface area contributed by atoms with E-state index in [0.717, 1.165) is 5.56 Å². The highest BCUT2D eigenvalue weighted by atomic mass is 32.2. The van der Waals surface area contributed by atoms with Crippen LogP contribution in [0.15, 0.2) is 70.7 Å². The first-order chi connectivity index (χ1) is 10.2. The number of rotatable bonds is 3. The molecule has 2 aromatic carbocycles. The molecule has 0 fully saturated rings. The van der Waals surface area contributed by atoms with Crippen LogP contribution in [0, 0.1) is 0 Å². The van der Waals surface area contributed by atoms with E-state index in [-0.39, 0.29) is 16.0 Å². The summed E-state index contributed by atoms with van der Waals surface area (Å²) >= 11 is 0. The Morgan fingerprint density at radius 1 is 1.00 bits per heavy atom. The van der Waals surface area contributed by atoms with Gasteiger partial charge in [0.15, 0.2) is 5.04 Å². The number of sulfone groups is 1. The van der Waals surface area contributed by atoms with E-state index in [4.69, 9.17) is 4.84 Å². The zero-order valence-electron chi connectivity index (χ0n) is 11.3. The molecule has 0 aromatic heterocycles. The fourth-order valence-electron chi connectivity index (χ4n) is 2.28. The first kappa shape index (κ1) is 13.8. The predicted molar refractivity (Wildman–Crippen MR) is 80.7 cm³/mol. The Morgan fingerprint density at radius 2 is 1.62 bits per heavy atom. The van der Waals surface area contributed by atoms with E-state index in [2.05, 4.69) is 5.16 Å². The standard InChI is InChI=1S/C16H15NO3S/c18-21(19,15-9-5-2-6-10-15)16-12-14(20-17-16)11-13-7-3-1-4-8-13/h1-10,14H,11-12H2. The van der Waals surface area contributed by atoms with Crippen LogP contribution in [-0.2, 0) is 21.1 Å². The van der Waals surface area contributed by atoms with Crippen molar-refractivity contribution in [3.05, 3.63) is 66.2 Å². The normalized spacial score (nSPS) is 18.1. The van der Waals surface area contributed by atoms with Gasteiger partial charge in [-0.3, -0.25) is 0 Å². The van der Waals surface area contributed by atoms with Gasteiger partial charge in [-0.1, -0.05) is 53.7 Å². The van der Waals surface area contributed by atoms with E-state index in [1.54, 1.807) is 30.3 Å². The third-order valence-electron chi connectivity index (χ3n) is 3.38. The van der Waals surface area contributed by atoms with Gasteiger partial charge < -0.3 is 4.84 Å². The van der Waals surface area contributed by atoms with Crippen LogP contribution in [-0.4, -0.2) is 19.6 Å². The molecule has 0 bridgehead atoms. The lowest BCUT2D eigenvalue weighted by molar-refractivity contribution is 0.0859. The topological polar surface area (TPSA) is 55.7 Å². The molecular weight excluding hydrogens is 286 g/mol. The fourth-order valence-corrected chi connectivity index (χ4v) is 3.62. The summed E-state index contributed by atoms with van der Waals surface area (Å²) in [4.78, 5) is 5.54. The zero-order valence-corrected chi connectivity index (χ0v) is 12.2. The number of hydrogen-bond donors (Lipinski definition) is 0. The lowest BCUT2D eigenvalue weighted by Crippen LogP contribution is -2.17. The summed E-state index contributed by atoms with van der Waals surface area (Å²) in [5, 5.41) is 3.90. The highest BCUT2D eigenvalue weighted by Gasteiger charge is 2.31. The molecule has 5 heteroatoms. The van der Waals surface area contributed by atoms with Crippen LogP contribution in [0.5, 0.6) is 0 Å². The second-order valence-corrected chi connectivity index (χ2v) is 6.87. The maximum absolute atomic E-state index is 12.4. The fraction of sp³-hybridized carbons (Fsp3) is 0.188. The van der Waals surface area contributed by atoms with Gasteiger partial charge in [0.05, 0.1) is 4.90 Å². The zero-order chi connectivity index (χ0) is 14.7. The van der Waals surface area contributed by atoms with Gasteiger partial charge in [-0.05, 0) is 17.7 Å². The third kappa shape index (κ3) is 2.97. The molecule has 4 nitrogen and oxygen atoms in total. The van der Waals surface area contributed by atoms with E-state index < -0.39 is 9.84 Å². The van der Waals surface area contributed by atoms with Crippen molar-refractivity contribution in [2.24, 2.45) is 5.16 Å². The van der Waals surface area contributed by atoms with Crippen molar-refractivity contribution >= 4 is 14.9 Å². The van der Waals surface area contributed by atoms with Crippen LogP contribution < -0.4 is 0 Å². The Morgan fingerprint density at radius 3 is 2.29 bits per heavy atom. The van der Waals surface area contributed by atoms with Crippen molar-refractivity contribution in [2.75, 3.05) is 0 Å². The molecule has 21 heavy (non-hydrogen) atoms. The van der Waals surface area contributed by atoms with E-state index in [1.165, 1.54) is 0 Å². The Kier molecular flexibility index (Phi) is 3.75. The monoisotopic (exact) mass is 301 g/mol. The van der Waals surface area contributed by atoms with Crippen LogP contribution in [0.4, 0.5) is 0 Å². The van der Waals surface area contributed by atoms with Gasteiger partial charge >= 0.3 is 0 Å². The van der Waals surface area contributed by atoms with E-state index >= 15 is 0 Å². The molecule has 0 N–H and O–H groups in total. The molecule has 0 radical (unpaired) electrons. The molecule has 1 atom stereocenters. The summed E-state index contributed by atoms with van der Waals surface area (Å²) in [6, 6.07) is 18.2. The van der Waals surface area contributed by atoms with Gasteiger partial charge in [0.2, 0.25) is 9.84 Å². The van der Waals surface area contributed by atoms with Gasteiger partial charge in [0.25, 0.3) is 0 Å². The molecule has 1 unspecified atom stereocenters. The lowest BCUT2D eigenvalue weighted by atomic mass is 10.1. The molecule has 0 saturated carbocycles. The Hall–Kier alpha value is -2.14. The number of nitrogens with zero attached hydrogens (tertiary/aromatic N) is 1.